The predicted octanol–water partition coefficient (Wildman–Crippen LogP) is 7.02. The average molecular weight is 731 g/mol. The van der Waals surface area contributed by atoms with Crippen molar-refractivity contribution in [3.05, 3.63) is 87.3 Å². The van der Waals surface area contributed by atoms with Crippen LogP contribution in [-0.4, -0.2) is 46.0 Å². The molecule has 4 rings (SSSR count). The van der Waals surface area contributed by atoms with Crippen LogP contribution in [0.3, 0.4) is 0 Å². The predicted molar refractivity (Wildman–Crippen MR) is 200 cm³/mol. The quantitative estimate of drug-likeness (QED) is 0.0453. The Morgan fingerprint density at radius 2 is 1.65 bits per heavy atom. The molecule has 0 saturated carbocycles. The third-order valence-corrected chi connectivity index (χ3v) is 8.32. The summed E-state index contributed by atoms with van der Waals surface area (Å²) in [6.07, 6.45) is -0.221. The molecule has 2 aromatic heterocycles. The zero-order chi connectivity index (χ0) is 39.0. The average Bonchev–Trinajstić information content (AvgIpc) is 3.44. The summed E-state index contributed by atoms with van der Waals surface area (Å²) in [4.78, 5) is 24.0. The van der Waals surface area contributed by atoms with Gasteiger partial charge in [0.15, 0.2) is 17.5 Å². The van der Waals surface area contributed by atoms with E-state index in [9.17, 15) is 22.4 Å². The topological polar surface area (TPSA) is 162 Å². The molecule has 0 saturated heterocycles. The number of nitrogens with two attached hydrogens (primary N) is 3. The van der Waals surface area contributed by atoms with Gasteiger partial charge in [0.25, 0.3) is 0 Å². The number of alkyl halides is 3. The zero-order valence-corrected chi connectivity index (χ0v) is 31.4. The Kier molecular flexibility index (Phi) is 14.0. The van der Waals surface area contributed by atoms with Crippen LogP contribution in [-0.2, 0) is 17.3 Å². The van der Waals surface area contributed by atoms with Crippen molar-refractivity contribution < 1.29 is 22.3 Å². The maximum Gasteiger partial charge on any atom is 0.573 e. The third kappa shape index (κ3) is 12.7. The summed E-state index contributed by atoms with van der Waals surface area (Å²) in [5, 5.41) is 4.36. The molecule has 2 atom stereocenters. The summed E-state index contributed by atoms with van der Waals surface area (Å²) in [5.74, 6) is -1.60. The molecular weight excluding hydrogens is 676 g/mol. The SMILES string of the molecule is C[C@H](N)CCCc1cc(OC(F)(F)F)c(F)c(C(C)(C)C)c1.C[C@H](NCCCN=C(N)N)c1ccc(-n2cc3cc(C(C)(C)C)[nH]c3nc2=O)cc1. The van der Waals surface area contributed by atoms with E-state index in [1.165, 1.54) is 0 Å². The van der Waals surface area contributed by atoms with Crippen LogP contribution < -0.4 is 32.9 Å². The Hall–Kier alpha value is -4.43. The fraction of sp³-hybridized carbons (Fsp3) is 0.500. The number of guanidine groups is 1. The molecule has 52 heavy (non-hydrogen) atoms. The van der Waals surface area contributed by atoms with Gasteiger partial charge in [0.2, 0.25) is 0 Å². The summed E-state index contributed by atoms with van der Waals surface area (Å²) in [7, 11) is 0. The summed E-state index contributed by atoms with van der Waals surface area (Å²) in [6.45, 7) is 17.0. The second kappa shape index (κ2) is 17.4. The fourth-order valence-corrected chi connectivity index (χ4v) is 5.40. The van der Waals surface area contributed by atoms with Crippen molar-refractivity contribution >= 4 is 17.0 Å². The lowest BCUT2D eigenvalue weighted by Crippen LogP contribution is -2.24. The van der Waals surface area contributed by atoms with Crippen molar-refractivity contribution in [2.75, 3.05) is 13.1 Å². The van der Waals surface area contributed by atoms with Gasteiger partial charge in [-0.25, -0.2) is 9.18 Å². The number of hydrogen-bond acceptors (Lipinski definition) is 6. The van der Waals surface area contributed by atoms with Gasteiger partial charge in [-0.05, 0) is 92.4 Å². The minimum absolute atomic E-state index is 0.0217. The van der Waals surface area contributed by atoms with Crippen LogP contribution in [0.15, 0.2) is 58.4 Å². The molecule has 0 aliphatic heterocycles. The van der Waals surface area contributed by atoms with Crippen molar-refractivity contribution in [3.8, 4) is 11.4 Å². The number of fused-ring (bicyclic) bond motifs is 1. The highest BCUT2D eigenvalue weighted by atomic mass is 19.4. The minimum Gasteiger partial charge on any atom is -0.403 e. The first-order valence-corrected chi connectivity index (χ1v) is 17.4. The number of ether oxygens (including phenoxy) is 1. The number of aromatic nitrogens is 3. The van der Waals surface area contributed by atoms with Crippen LogP contribution in [0.2, 0.25) is 0 Å². The number of nitrogens with zero attached hydrogens (tertiary/aromatic N) is 3. The van der Waals surface area contributed by atoms with Gasteiger partial charge in [-0.3, -0.25) is 9.56 Å². The lowest BCUT2D eigenvalue weighted by atomic mass is 9.85. The highest BCUT2D eigenvalue weighted by Gasteiger charge is 2.34. The van der Waals surface area contributed by atoms with Crippen LogP contribution in [0.1, 0.15) is 103 Å². The smallest absolute Gasteiger partial charge is 0.403 e. The standard InChI is InChI=1S/C22H31N7O.C16H23F4NO/c1-14(25-10-5-11-26-20(23)24)15-6-8-17(9-7-15)29-13-16-12-18(22(2,3)4)27-19(16)28-21(29)30;1-10(21)6-5-7-11-8-12(15(2,3)4)14(17)13(9-11)22-16(18,19)20/h6-9,12-14,25H,5,10-11H2,1-4H3,(H4,23,24,26)(H,27,28,30);8-10H,5-7,21H2,1-4H3/t14-;10-/m00/s1. The number of aromatic amines is 1. The maximum absolute atomic E-state index is 14.3. The maximum atomic E-state index is 14.3. The molecular formula is C38H54F4N8O2. The highest BCUT2D eigenvalue weighted by molar-refractivity contribution is 5.76. The van der Waals surface area contributed by atoms with Crippen LogP contribution in [0.5, 0.6) is 5.75 Å². The summed E-state index contributed by atoms with van der Waals surface area (Å²) in [6, 6.07) is 12.9. The molecule has 0 spiro atoms. The third-order valence-electron chi connectivity index (χ3n) is 8.32. The van der Waals surface area contributed by atoms with Crippen molar-refractivity contribution in [3.63, 3.8) is 0 Å². The van der Waals surface area contributed by atoms with Gasteiger partial charge < -0.3 is 32.2 Å². The Bertz CT molecular complexity index is 1850. The Morgan fingerprint density at radius 3 is 2.21 bits per heavy atom. The summed E-state index contributed by atoms with van der Waals surface area (Å²) in [5.41, 5.74) is 19.8. The number of aryl methyl sites for hydroxylation is 1. The molecule has 8 N–H and O–H groups in total. The number of H-pyrrole nitrogens is 1. The van der Waals surface area contributed by atoms with E-state index in [0.29, 0.717) is 24.2 Å². The fourth-order valence-electron chi connectivity index (χ4n) is 5.40. The van der Waals surface area contributed by atoms with Gasteiger partial charge in [-0.1, -0.05) is 59.7 Å². The van der Waals surface area contributed by atoms with E-state index in [1.807, 2.05) is 37.4 Å². The highest BCUT2D eigenvalue weighted by Crippen LogP contribution is 2.35. The van der Waals surface area contributed by atoms with Crippen LogP contribution in [0, 0.1) is 5.82 Å². The summed E-state index contributed by atoms with van der Waals surface area (Å²) < 4.78 is 57.0. The molecule has 10 nitrogen and oxygen atoms in total. The molecule has 0 unspecified atom stereocenters. The molecule has 4 aromatic rings. The van der Waals surface area contributed by atoms with E-state index in [-0.39, 0.29) is 34.7 Å². The van der Waals surface area contributed by atoms with E-state index >= 15 is 0 Å². The van der Waals surface area contributed by atoms with E-state index in [2.05, 4.69) is 58.8 Å². The van der Waals surface area contributed by atoms with E-state index in [0.717, 1.165) is 54.2 Å². The number of nitrogens with one attached hydrogen (secondary N) is 2. The molecule has 0 radical (unpaired) electrons. The number of rotatable bonds is 12. The monoisotopic (exact) mass is 730 g/mol. The number of halogens is 4. The van der Waals surface area contributed by atoms with Crippen molar-refractivity contribution in [2.45, 2.75) is 110 Å². The lowest BCUT2D eigenvalue weighted by Gasteiger charge is -2.23. The van der Waals surface area contributed by atoms with Crippen molar-refractivity contribution in [2.24, 2.45) is 22.2 Å². The molecule has 0 aliphatic rings. The summed E-state index contributed by atoms with van der Waals surface area (Å²) >= 11 is 0. The zero-order valence-electron chi connectivity index (χ0n) is 31.4. The van der Waals surface area contributed by atoms with Gasteiger partial charge in [0.1, 0.15) is 5.65 Å². The van der Waals surface area contributed by atoms with Crippen molar-refractivity contribution in [1.82, 2.24) is 19.9 Å². The molecule has 0 bridgehead atoms. The van der Waals surface area contributed by atoms with Crippen LogP contribution in [0.4, 0.5) is 17.6 Å². The molecule has 286 valence electrons. The second-order valence-corrected chi connectivity index (χ2v) is 15.2. The van der Waals surface area contributed by atoms with E-state index in [1.54, 1.807) is 31.4 Å². The first-order valence-electron chi connectivity index (χ1n) is 17.4. The van der Waals surface area contributed by atoms with Gasteiger partial charge in [0.05, 0.1) is 5.69 Å². The molecule has 2 heterocycles. The first kappa shape index (κ1) is 42.0. The second-order valence-electron chi connectivity index (χ2n) is 15.2. The Balaban J connectivity index is 0.000000295. The molecule has 0 aliphatic carbocycles. The van der Waals surface area contributed by atoms with Gasteiger partial charge in [0, 0.05) is 41.3 Å². The molecule has 2 aromatic carbocycles. The van der Waals surface area contributed by atoms with Gasteiger partial charge in [-0.15, -0.1) is 13.2 Å². The molecule has 14 heteroatoms. The number of hydrogen-bond donors (Lipinski definition) is 5. The first-order chi connectivity index (χ1) is 24.0. The van der Waals surface area contributed by atoms with Crippen LogP contribution in [0.25, 0.3) is 16.7 Å². The minimum atomic E-state index is -4.92. The van der Waals surface area contributed by atoms with Gasteiger partial charge in [-0.2, -0.15) is 4.98 Å². The molecule has 0 fully saturated rings. The normalized spacial score (nSPS) is 13.3. The number of benzene rings is 2. The van der Waals surface area contributed by atoms with Crippen LogP contribution >= 0.6 is 0 Å². The number of aliphatic imine (C=N–C) groups is 1. The Labute approximate surface area is 303 Å². The molecule has 0 amide bonds. The van der Waals surface area contributed by atoms with Crippen molar-refractivity contribution in [1.29, 1.82) is 0 Å². The largest absolute Gasteiger partial charge is 0.573 e. The van der Waals surface area contributed by atoms with Gasteiger partial charge >= 0.3 is 12.1 Å². The lowest BCUT2D eigenvalue weighted by molar-refractivity contribution is -0.275. The van der Waals surface area contributed by atoms with E-state index < -0.39 is 23.3 Å². The Morgan fingerprint density at radius 1 is 1.00 bits per heavy atom. The van der Waals surface area contributed by atoms with E-state index in [4.69, 9.17) is 17.2 Å².